The molecule has 4 nitrogen and oxygen atoms in total. The molecule has 0 spiro atoms. The van der Waals surface area contributed by atoms with Crippen molar-refractivity contribution in [3.05, 3.63) is 87.1 Å². The van der Waals surface area contributed by atoms with Crippen LogP contribution in [0.1, 0.15) is 23.7 Å². The molecule has 2 aromatic carbocycles. The molecule has 1 N–H and O–H groups in total. The zero-order chi connectivity index (χ0) is 19.8. The monoisotopic (exact) mass is 460 g/mol. The van der Waals surface area contributed by atoms with E-state index in [0.29, 0.717) is 42.8 Å². The molecule has 6 heteroatoms. The Balaban J connectivity index is 1.69. The molecule has 0 saturated heterocycles. The van der Waals surface area contributed by atoms with Crippen molar-refractivity contribution in [3.8, 4) is 11.5 Å². The second kappa shape index (κ2) is 10.5. The fourth-order valence-electron chi connectivity index (χ4n) is 2.69. The summed E-state index contributed by atoms with van der Waals surface area (Å²) in [6.45, 7) is 4.28. The van der Waals surface area contributed by atoms with Crippen LogP contribution in [-0.4, -0.2) is 11.6 Å². The van der Waals surface area contributed by atoms with E-state index < -0.39 is 0 Å². The first-order valence-electron chi connectivity index (χ1n) is 9.09. The van der Waals surface area contributed by atoms with E-state index in [2.05, 4.69) is 26.2 Å². The predicted octanol–water partition coefficient (Wildman–Crippen LogP) is 5.77. The van der Waals surface area contributed by atoms with Crippen LogP contribution in [0.3, 0.4) is 0 Å². The van der Waals surface area contributed by atoms with Gasteiger partial charge in [0, 0.05) is 34.3 Å². The van der Waals surface area contributed by atoms with Crippen molar-refractivity contribution in [2.75, 3.05) is 6.61 Å². The Morgan fingerprint density at radius 2 is 1.75 bits per heavy atom. The van der Waals surface area contributed by atoms with E-state index in [0.717, 1.165) is 21.3 Å². The van der Waals surface area contributed by atoms with Crippen molar-refractivity contribution < 1.29 is 9.47 Å². The molecule has 0 amide bonds. The normalized spacial score (nSPS) is 10.7. The lowest BCUT2D eigenvalue weighted by atomic mass is 10.2. The average molecular weight is 462 g/mol. The Bertz CT molecular complexity index is 906. The van der Waals surface area contributed by atoms with Gasteiger partial charge in [-0.3, -0.25) is 4.98 Å². The first-order chi connectivity index (χ1) is 13.7. The van der Waals surface area contributed by atoms with Crippen molar-refractivity contribution in [2.24, 2.45) is 0 Å². The van der Waals surface area contributed by atoms with Gasteiger partial charge in [0.1, 0.15) is 6.61 Å². The van der Waals surface area contributed by atoms with E-state index >= 15 is 0 Å². The lowest BCUT2D eigenvalue weighted by Gasteiger charge is -2.16. The second-order valence-electron chi connectivity index (χ2n) is 6.13. The van der Waals surface area contributed by atoms with Gasteiger partial charge in [0.25, 0.3) is 0 Å². The zero-order valence-corrected chi connectivity index (χ0v) is 18.0. The van der Waals surface area contributed by atoms with E-state index in [1.165, 1.54) is 0 Å². The molecule has 0 aliphatic heterocycles. The summed E-state index contributed by atoms with van der Waals surface area (Å²) in [5, 5.41) is 4.10. The van der Waals surface area contributed by atoms with Gasteiger partial charge in [0.2, 0.25) is 0 Å². The highest BCUT2D eigenvalue weighted by atomic mass is 79.9. The summed E-state index contributed by atoms with van der Waals surface area (Å²) in [5.41, 5.74) is 3.02. The van der Waals surface area contributed by atoms with Crippen LogP contribution in [-0.2, 0) is 19.7 Å². The molecule has 0 aliphatic carbocycles. The highest BCUT2D eigenvalue weighted by molar-refractivity contribution is 9.10. The molecule has 28 heavy (non-hydrogen) atoms. The van der Waals surface area contributed by atoms with Crippen molar-refractivity contribution in [1.82, 2.24) is 10.3 Å². The van der Waals surface area contributed by atoms with E-state index in [1.54, 1.807) is 6.20 Å². The minimum absolute atomic E-state index is 0.378. The number of hydrogen-bond donors (Lipinski definition) is 1. The van der Waals surface area contributed by atoms with Crippen molar-refractivity contribution in [3.63, 3.8) is 0 Å². The minimum atomic E-state index is 0.378. The van der Waals surface area contributed by atoms with Crippen molar-refractivity contribution >= 4 is 27.5 Å². The maximum absolute atomic E-state index is 6.22. The fourth-order valence-corrected chi connectivity index (χ4v) is 3.35. The van der Waals surface area contributed by atoms with Crippen LogP contribution >= 0.6 is 27.5 Å². The van der Waals surface area contributed by atoms with Crippen LogP contribution in [0, 0.1) is 0 Å². The van der Waals surface area contributed by atoms with Gasteiger partial charge in [0.15, 0.2) is 11.5 Å². The summed E-state index contributed by atoms with van der Waals surface area (Å²) in [6, 6.07) is 17.5. The molecule has 146 valence electrons. The average Bonchev–Trinajstić information content (AvgIpc) is 2.71. The van der Waals surface area contributed by atoms with Crippen molar-refractivity contribution in [1.29, 1.82) is 0 Å². The summed E-state index contributed by atoms with van der Waals surface area (Å²) in [6.07, 6.45) is 1.80. The summed E-state index contributed by atoms with van der Waals surface area (Å²) in [4.78, 5) is 4.32. The molecule has 3 aromatic rings. The molecular weight excluding hydrogens is 440 g/mol. The van der Waals surface area contributed by atoms with Crippen LogP contribution in [0.25, 0.3) is 0 Å². The molecule has 0 atom stereocenters. The fraction of sp³-hybridized carbons (Fsp3) is 0.227. The van der Waals surface area contributed by atoms with E-state index in [4.69, 9.17) is 21.1 Å². The van der Waals surface area contributed by atoms with Crippen LogP contribution in [0.15, 0.2) is 65.3 Å². The predicted molar refractivity (Wildman–Crippen MR) is 116 cm³/mol. The second-order valence-corrected chi connectivity index (χ2v) is 7.39. The lowest BCUT2D eigenvalue weighted by Crippen LogP contribution is -2.14. The van der Waals surface area contributed by atoms with Gasteiger partial charge in [0.05, 0.1) is 12.3 Å². The first-order valence-corrected chi connectivity index (χ1v) is 10.3. The lowest BCUT2D eigenvalue weighted by molar-refractivity contribution is 0.269. The topological polar surface area (TPSA) is 43.4 Å². The van der Waals surface area contributed by atoms with Gasteiger partial charge in [-0.2, -0.15) is 0 Å². The SMILES string of the molecule is CCOc1cc(CNCc2ccccn2)c(Br)cc1OCc1ccccc1Cl. The van der Waals surface area contributed by atoms with E-state index in [1.807, 2.05) is 61.5 Å². The zero-order valence-electron chi connectivity index (χ0n) is 15.6. The Hall–Kier alpha value is -2.08. The van der Waals surface area contributed by atoms with Crippen molar-refractivity contribution in [2.45, 2.75) is 26.6 Å². The van der Waals surface area contributed by atoms with Gasteiger partial charge in [-0.15, -0.1) is 0 Å². The van der Waals surface area contributed by atoms with Crippen LogP contribution in [0.4, 0.5) is 0 Å². The molecule has 0 saturated carbocycles. The summed E-state index contributed by atoms with van der Waals surface area (Å²) in [7, 11) is 0. The van der Waals surface area contributed by atoms with Gasteiger partial charge < -0.3 is 14.8 Å². The Labute approximate surface area is 179 Å². The molecule has 1 aromatic heterocycles. The highest BCUT2D eigenvalue weighted by Crippen LogP contribution is 2.34. The molecule has 0 radical (unpaired) electrons. The number of pyridine rings is 1. The summed E-state index contributed by atoms with van der Waals surface area (Å²) in [5.74, 6) is 1.40. The Morgan fingerprint density at radius 3 is 2.50 bits per heavy atom. The Kier molecular flexibility index (Phi) is 7.71. The minimum Gasteiger partial charge on any atom is -0.490 e. The van der Waals surface area contributed by atoms with Crippen LogP contribution in [0.2, 0.25) is 5.02 Å². The third-order valence-corrected chi connectivity index (χ3v) is 5.21. The molecule has 0 bridgehead atoms. The number of hydrogen-bond acceptors (Lipinski definition) is 4. The molecule has 1 heterocycles. The van der Waals surface area contributed by atoms with Gasteiger partial charge >= 0.3 is 0 Å². The standard InChI is InChI=1S/C22H22BrClN2O2/c1-2-27-21-11-17(13-25-14-18-8-5-6-10-26-18)19(23)12-22(21)28-15-16-7-3-4-9-20(16)24/h3-12,25H,2,13-15H2,1H3. The molecule has 3 rings (SSSR count). The third kappa shape index (κ3) is 5.71. The van der Waals surface area contributed by atoms with E-state index in [9.17, 15) is 0 Å². The number of aromatic nitrogens is 1. The van der Waals surface area contributed by atoms with Crippen LogP contribution < -0.4 is 14.8 Å². The number of benzene rings is 2. The number of halogens is 2. The maximum atomic E-state index is 6.22. The molecule has 0 aliphatic rings. The summed E-state index contributed by atoms with van der Waals surface area (Å²) >= 11 is 9.86. The number of nitrogens with zero attached hydrogens (tertiary/aromatic N) is 1. The number of rotatable bonds is 9. The highest BCUT2D eigenvalue weighted by Gasteiger charge is 2.12. The van der Waals surface area contributed by atoms with E-state index in [-0.39, 0.29) is 0 Å². The van der Waals surface area contributed by atoms with Gasteiger partial charge in [-0.25, -0.2) is 0 Å². The largest absolute Gasteiger partial charge is 0.490 e. The molecular formula is C22H22BrClN2O2. The maximum Gasteiger partial charge on any atom is 0.162 e. The van der Waals surface area contributed by atoms with Crippen LogP contribution in [0.5, 0.6) is 11.5 Å². The summed E-state index contributed by atoms with van der Waals surface area (Å²) < 4.78 is 12.8. The molecule has 0 unspecified atom stereocenters. The first kappa shape index (κ1) is 20.6. The van der Waals surface area contributed by atoms with Gasteiger partial charge in [-0.1, -0.05) is 51.8 Å². The third-order valence-electron chi connectivity index (χ3n) is 4.10. The molecule has 0 fully saturated rings. The number of ether oxygens (including phenoxy) is 2. The quantitative estimate of drug-likeness (QED) is 0.440. The smallest absolute Gasteiger partial charge is 0.162 e. The Morgan fingerprint density at radius 1 is 0.964 bits per heavy atom. The van der Waals surface area contributed by atoms with Gasteiger partial charge in [-0.05, 0) is 42.8 Å². The number of nitrogens with one attached hydrogen (secondary N) is 1.